The molecule has 0 aliphatic carbocycles. The molecular weight excluding hydrogens is 344 g/mol. The molecule has 0 saturated carbocycles. The third-order valence-electron chi connectivity index (χ3n) is 6.15. The van der Waals surface area contributed by atoms with Gasteiger partial charge >= 0.3 is 0 Å². The first-order valence-electron chi connectivity index (χ1n) is 9.62. The molecule has 7 heteroatoms. The average Bonchev–Trinajstić information content (AvgIpc) is 2.97. The maximum absolute atomic E-state index is 13.2. The fourth-order valence-corrected chi connectivity index (χ4v) is 4.46. The molecule has 0 aromatic heterocycles. The molecule has 0 spiro atoms. The van der Waals surface area contributed by atoms with Gasteiger partial charge in [0.2, 0.25) is 11.8 Å². The van der Waals surface area contributed by atoms with Crippen molar-refractivity contribution in [2.24, 2.45) is 0 Å². The monoisotopic (exact) mass is 370 g/mol. The zero-order valence-corrected chi connectivity index (χ0v) is 16.0. The molecule has 144 valence electrons. The van der Waals surface area contributed by atoms with Gasteiger partial charge in [-0.15, -0.1) is 0 Å². The molecule has 0 N–H and O–H groups in total. The molecule has 1 atom stereocenters. The summed E-state index contributed by atoms with van der Waals surface area (Å²) in [6, 6.07) is 7.26. The Balaban J connectivity index is 1.55. The van der Waals surface area contributed by atoms with Crippen molar-refractivity contribution in [2.75, 3.05) is 44.7 Å². The van der Waals surface area contributed by atoms with Crippen LogP contribution in [0.5, 0.6) is 0 Å². The van der Waals surface area contributed by atoms with Gasteiger partial charge < -0.3 is 14.7 Å². The molecule has 3 amide bonds. The van der Waals surface area contributed by atoms with E-state index >= 15 is 0 Å². The van der Waals surface area contributed by atoms with Crippen LogP contribution in [-0.2, 0) is 9.59 Å². The second kappa shape index (κ2) is 6.64. The van der Waals surface area contributed by atoms with Gasteiger partial charge in [0, 0.05) is 45.6 Å². The van der Waals surface area contributed by atoms with Gasteiger partial charge in [-0.05, 0) is 32.5 Å². The van der Waals surface area contributed by atoms with Crippen LogP contribution in [0.2, 0.25) is 0 Å². The highest BCUT2D eigenvalue weighted by molar-refractivity contribution is 6.10. The first-order valence-corrected chi connectivity index (χ1v) is 9.62. The lowest BCUT2D eigenvalue weighted by Crippen LogP contribution is -2.62. The summed E-state index contributed by atoms with van der Waals surface area (Å²) in [5.41, 5.74) is 0.539. The van der Waals surface area contributed by atoms with Crippen molar-refractivity contribution in [3.8, 4) is 0 Å². The Morgan fingerprint density at radius 2 is 1.81 bits per heavy atom. The Bertz CT molecular complexity index is 787. The van der Waals surface area contributed by atoms with E-state index in [1.807, 2.05) is 30.0 Å². The van der Waals surface area contributed by atoms with E-state index in [1.165, 1.54) is 0 Å². The van der Waals surface area contributed by atoms with Gasteiger partial charge in [-0.2, -0.15) is 0 Å². The van der Waals surface area contributed by atoms with Crippen molar-refractivity contribution in [3.05, 3.63) is 29.8 Å². The molecule has 3 heterocycles. The van der Waals surface area contributed by atoms with Gasteiger partial charge in [-0.25, -0.2) is 0 Å². The zero-order valence-electron chi connectivity index (χ0n) is 16.0. The van der Waals surface area contributed by atoms with Crippen molar-refractivity contribution in [2.45, 2.75) is 31.8 Å². The van der Waals surface area contributed by atoms with Crippen LogP contribution >= 0.6 is 0 Å². The molecule has 1 aromatic rings. The van der Waals surface area contributed by atoms with Crippen LogP contribution < -0.4 is 4.90 Å². The van der Waals surface area contributed by atoms with E-state index in [0.717, 1.165) is 26.2 Å². The number of rotatable bonds is 3. The lowest BCUT2D eigenvalue weighted by molar-refractivity contribution is -0.133. The average molecular weight is 370 g/mol. The summed E-state index contributed by atoms with van der Waals surface area (Å²) >= 11 is 0. The van der Waals surface area contributed by atoms with Gasteiger partial charge in [0.05, 0.1) is 11.3 Å². The number of piperazine rings is 1. The number of fused-ring (bicyclic) bond motifs is 3. The number of carbonyl (C=O) groups is 3. The molecule has 0 radical (unpaired) electrons. The maximum atomic E-state index is 13.2. The second-order valence-corrected chi connectivity index (χ2v) is 7.85. The van der Waals surface area contributed by atoms with Crippen LogP contribution in [0.25, 0.3) is 0 Å². The summed E-state index contributed by atoms with van der Waals surface area (Å²) in [6.45, 7) is 5.48. The number of amides is 3. The largest absolute Gasteiger partial charge is 0.340 e. The normalized spacial score (nSPS) is 25.6. The van der Waals surface area contributed by atoms with E-state index in [0.29, 0.717) is 30.6 Å². The molecule has 27 heavy (non-hydrogen) atoms. The van der Waals surface area contributed by atoms with Gasteiger partial charge in [-0.3, -0.25) is 19.3 Å². The van der Waals surface area contributed by atoms with E-state index in [1.54, 1.807) is 15.9 Å². The fourth-order valence-electron chi connectivity index (χ4n) is 4.46. The molecule has 2 fully saturated rings. The van der Waals surface area contributed by atoms with Crippen molar-refractivity contribution < 1.29 is 14.4 Å². The molecular formula is C20H26N4O3. The van der Waals surface area contributed by atoms with E-state index in [9.17, 15) is 14.4 Å². The van der Waals surface area contributed by atoms with Crippen LogP contribution in [0.15, 0.2) is 24.3 Å². The van der Waals surface area contributed by atoms with E-state index in [2.05, 4.69) is 11.9 Å². The Labute approximate surface area is 159 Å². The molecule has 3 aliphatic rings. The van der Waals surface area contributed by atoms with Crippen molar-refractivity contribution in [1.82, 2.24) is 14.7 Å². The minimum Gasteiger partial charge on any atom is -0.340 e. The van der Waals surface area contributed by atoms with E-state index in [-0.39, 0.29) is 24.1 Å². The summed E-state index contributed by atoms with van der Waals surface area (Å²) < 4.78 is 0. The predicted octanol–water partition coefficient (Wildman–Crippen LogP) is 1.15. The smallest absolute Gasteiger partial charge is 0.257 e. The second-order valence-electron chi connectivity index (χ2n) is 7.85. The lowest BCUT2D eigenvalue weighted by atomic mass is 9.98. The van der Waals surface area contributed by atoms with Crippen LogP contribution in [0.3, 0.4) is 0 Å². The number of carbonyl (C=O) groups excluding carboxylic acids is 3. The van der Waals surface area contributed by atoms with E-state index in [4.69, 9.17) is 0 Å². The van der Waals surface area contributed by atoms with Crippen molar-refractivity contribution in [3.63, 3.8) is 0 Å². The topological polar surface area (TPSA) is 64.2 Å². The molecule has 1 unspecified atom stereocenters. The van der Waals surface area contributed by atoms with Gasteiger partial charge in [-0.1, -0.05) is 12.1 Å². The predicted molar refractivity (Wildman–Crippen MR) is 101 cm³/mol. The summed E-state index contributed by atoms with van der Waals surface area (Å²) in [5, 5.41) is 0. The number of para-hydroxylation sites is 1. The number of benzene rings is 1. The Kier molecular flexibility index (Phi) is 4.42. The summed E-state index contributed by atoms with van der Waals surface area (Å²) in [7, 11) is 2.05. The molecule has 1 aromatic carbocycles. The third-order valence-corrected chi connectivity index (χ3v) is 6.15. The molecule has 4 rings (SSSR count). The number of nitrogens with zero attached hydrogens (tertiary/aromatic N) is 4. The van der Waals surface area contributed by atoms with Crippen LogP contribution in [0.4, 0.5) is 5.69 Å². The standard InChI is InChI=1S/C20H26N4O3/c1-20-9-7-18(26)24(20)16-6-4-3-5-15(16)19(27)23(20)10-8-17(25)22-13-11-21(2)12-14-22/h3-6H,7-14H2,1-2H3. The SMILES string of the molecule is CN1CCN(C(=O)CCN2C(=O)c3ccccc3N3C(=O)CCC23C)CC1. The molecule has 2 saturated heterocycles. The molecule has 0 bridgehead atoms. The number of anilines is 1. The minimum atomic E-state index is -0.690. The highest BCUT2D eigenvalue weighted by Crippen LogP contribution is 2.43. The number of likely N-dealkylation sites (N-methyl/N-ethyl adjacent to an activating group) is 1. The Morgan fingerprint density at radius 3 is 2.56 bits per heavy atom. The zero-order chi connectivity index (χ0) is 19.2. The molecule has 7 nitrogen and oxygen atoms in total. The fraction of sp³-hybridized carbons (Fsp3) is 0.550. The van der Waals surface area contributed by atoms with E-state index < -0.39 is 5.66 Å². The maximum Gasteiger partial charge on any atom is 0.257 e. The van der Waals surface area contributed by atoms with Gasteiger partial charge in [0.25, 0.3) is 5.91 Å². The number of hydrogen-bond donors (Lipinski definition) is 0. The highest BCUT2D eigenvalue weighted by atomic mass is 16.2. The third kappa shape index (κ3) is 2.90. The number of hydrogen-bond acceptors (Lipinski definition) is 4. The summed E-state index contributed by atoms with van der Waals surface area (Å²) in [4.78, 5) is 45.9. The Hall–Kier alpha value is -2.41. The van der Waals surface area contributed by atoms with Crippen molar-refractivity contribution in [1.29, 1.82) is 0 Å². The summed E-state index contributed by atoms with van der Waals surface area (Å²) in [5.74, 6) is 0.0207. The Morgan fingerprint density at radius 1 is 1.11 bits per heavy atom. The first kappa shape index (κ1) is 18.0. The minimum absolute atomic E-state index is 0.0350. The highest BCUT2D eigenvalue weighted by Gasteiger charge is 2.52. The first-order chi connectivity index (χ1) is 12.9. The molecule has 3 aliphatic heterocycles. The van der Waals surface area contributed by atoms with Crippen LogP contribution in [0.1, 0.15) is 36.5 Å². The summed E-state index contributed by atoms with van der Waals surface area (Å²) in [6.07, 6.45) is 1.30. The van der Waals surface area contributed by atoms with Crippen LogP contribution in [-0.4, -0.2) is 77.9 Å². The quantitative estimate of drug-likeness (QED) is 0.801. The van der Waals surface area contributed by atoms with Gasteiger partial charge in [0.1, 0.15) is 5.66 Å². The van der Waals surface area contributed by atoms with Gasteiger partial charge in [0.15, 0.2) is 0 Å². The lowest BCUT2D eigenvalue weighted by Gasteiger charge is -2.48. The van der Waals surface area contributed by atoms with Crippen LogP contribution in [0, 0.1) is 0 Å². The van der Waals surface area contributed by atoms with Crippen molar-refractivity contribution >= 4 is 23.4 Å².